The van der Waals surface area contributed by atoms with Crippen LogP contribution in [-0.4, -0.2) is 48.2 Å². The third-order valence-corrected chi connectivity index (χ3v) is 8.79. The molecule has 3 aromatic rings. The van der Waals surface area contributed by atoms with Crippen LogP contribution in [0.2, 0.25) is 0 Å². The standard InChI is InChI=1S/C26H25N3O6S/c1-17-7-13-21(14-8-17)36(33,34)28-23(19-9-11-20(12-10-19)29(31)32)24(26(30)35-2)27-16-15-18-5-3-4-6-22(18)25(27)28/h3-14,23-25H,15-16H2,1-2H3/t23-,24+,25+/m0/s1. The van der Waals surface area contributed by atoms with Crippen LogP contribution in [0.1, 0.15) is 34.5 Å². The number of nitrogens with zero attached hydrogens (tertiary/aromatic N) is 3. The van der Waals surface area contributed by atoms with Crippen molar-refractivity contribution in [1.82, 2.24) is 9.21 Å². The van der Waals surface area contributed by atoms with Crippen LogP contribution in [0.5, 0.6) is 0 Å². The van der Waals surface area contributed by atoms with Crippen molar-refractivity contribution in [3.05, 3.63) is 105 Å². The summed E-state index contributed by atoms with van der Waals surface area (Å²) in [5.41, 5.74) is 3.08. The number of nitro groups is 1. The zero-order valence-corrected chi connectivity index (χ0v) is 20.6. The van der Waals surface area contributed by atoms with Crippen LogP contribution in [0.25, 0.3) is 0 Å². The number of ether oxygens (including phenoxy) is 1. The lowest BCUT2D eigenvalue weighted by atomic mass is 9.96. The molecule has 0 amide bonds. The number of methoxy groups -OCH3 is 1. The Hall–Kier alpha value is -3.60. The fourth-order valence-corrected chi connectivity index (χ4v) is 6.99. The summed E-state index contributed by atoms with van der Waals surface area (Å²) in [6.45, 7) is 2.32. The molecule has 5 rings (SSSR count). The maximum absolute atomic E-state index is 14.3. The van der Waals surface area contributed by atoms with E-state index in [9.17, 15) is 23.3 Å². The second kappa shape index (κ2) is 9.12. The average molecular weight is 508 g/mol. The van der Waals surface area contributed by atoms with Crippen molar-refractivity contribution < 1.29 is 22.9 Å². The molecule has 9 nitrogen and oxygen atoms in total. The second-order valence-corrected chi connectivity index (χ2v) is 10.8. The molecule has 2 aliphatic heterocycles. The number of carbonyl (C=O) groups is 1. The summed E-state index contributed by atoms with van der Waals surface area (Å²) < 4.78 is 35.1. The molecule has 36 heavy (non-hydrogen) atoms. The van der Waals surface area contributed by atoms with Crippen molar-refractivity contribution in [2.45, 2.75) is 36.5 Å². The van der Waals surface area contributed by atoms with E-state index in [1.165, 1.54) is 35.7 Å². The van der Waals surface area contributed by atoms with Crippen LogP contribution < -0.4 is 0 Å². The molecule has 0 unspecified atom stereocenters. The molecule has 3 atom stereocenters. The first-order chi connectivity index (χ1) is 17.2. The Morgan fingerprint density at radius 2 is 1.69 bits per heavy atom. The Bertz CT molecular complexity index is 1420. The Kier molecular flexibility index (Phi) is 6.11. The highest BCUT2D eigenvalue weighted by Gasteiger charge is 2.58. The summed E-state index contributed by atoms with van der Waals surface area (Å²) in [6, 6.07) is 18.0. The van der Waals surface area contributed by atoms with E-state index < -0.39 is 39.2 Å². The maximum Gasteiger partial charge on any atom is 0.325 e. The maximum atomic E-state index is 14.3. The first kappa shape index (κ1) is 24.1. The minimum absolute atomic E-state index is 0.105. The molecule has 2 heterocycles. The first-order valence-electron chi connectivity index (χ1n) is 11.5. The molecule has 0 aromatic heterocycles. The highest BCUT2D eigenvalue weighted by Crippen LogP contribution is 2.51. The van der Waals surface area contributed by atoms with E-state index in [2.05, 4.69) is 0 Å². The minimum Gasteiger partial charge on any atom is -0.468 e. The number of benzene rings is 3. The number of aryl methyl sites for hydroxylation is 1. The molecule has 0 radical (unpaired) electrons. The van der Waals surface area contributed by atoms with Gasteiger partial charge in [0.05, 0.1) is 23.0 Å². The molecule has 10 heteroatoms. The number of sulfonamides is 1. The third kappa shape index (κ3) is 3.87. The van der Waals surface area contributed by atoms with Crippen molar-refractivity contribution in [2.24, 2.45) is 0 Å². The van der Waals surface area contributed by atoms with E-state index in [0.717, 1.165) is 16.7 Å². The van der Waals surface area contributed by atoms with Gasteiger partial charge in [0.25, 0.3) is 5.69 Å². The number of carbonyl (C=O) groups excluding carboxylic acids is 1. The summed E-state index contributed by atoms with van der Waals surface area (Å²) in [6.07, 6.45) is -0.100. The molecule has 2 aliphatic rings. The van der Waals surface area contributed by atoms with Gasteiger partial charge in [-0.05, 0) is 42.2 Å². The van der Waals surface area contributed by atoms with Crippen molar-refractivity contribution in [2.75, 3.05) is 13.7 Å². The van der Waals surface area contributed by atoms with Gasteiger partial charge in [0.15, 0.2) is 0 Å². The lowest BCUT2D eigenvalue weighted by Crippen LogP contribution is -2.43. The van der Waals surface area contributed by atoms with Crippen molar-refractivity contribution in [3.8, 4) is 0 Å². The number of non-ortho nitro benzene ring substituents is 1. The zero-order valence-electron chi connectivity index (χ0n) is 19.8. The van der Waals surface area contributed by atoms with Gasteiger partial charge in [0.1, 0.15) is 12.2 Å². The smallest absolute Gasteiger partial charge is 0.325 e. The van der Waals surface area contributed by atoms with Crippen molar-refractivity contribution >= 4 is 21.7 Å². The molecule has 1 saturated heterocycles. The van der Waals surface area contributed by atoms with Crippen LogP contribution in [0.3, 0.4) is 0 Å². The summed E-state index contributed by atoms with van der Waals surface area (Å²) in [4.78, 5) is 25.9. The summed E-state index contributed by atoms with van der Waals surface area (Å²) >= 11 is 0. The van der Waals surface area contributed by atoms with Gasteiger partial charge in [-0.25, -0.2) is 8.42 Å². The molecule has 0 aliphatic carbocycles. The number of rotatable bonds is 5. The van der Waals surface area contributed by atoms with Gasteiger partial charge in [0.2, 0.25) is 10.0 Å². The quantitative estimate of drug-likeness (QED) is 0.294. The topological polar surface area (TPSA) is 110 Å². The molecule has 0 spiro atoms. The van der Waals surface area contributed by atoms with Gasteiger partial charge in [-0.3, -0.25) is 19.8 Å². The Balaban J connectivity index is 1.75. The first-order valence-corrected chi connectivity index (χ1v) is 12.9. The highest BCUT2D eigenvalue weighted by molar-refractivity contribution is 7.89. The molecule has 3 aromatic carbocycles. The van der Waals surface area contributed by atoms with Gasteiger partial charge in [-0.1, -0.05) is 54.1 Å². The SMILES string of the molecule is COC(=O)[C@H]1[C@H](c2ccc([N+](=O)[O-])cc2)N(S(=O)(=O)c2ccc(C)cc2)[C@@H]2c3ccccc3CCN21. The van der Waals surface area contributed by atoms with E-state index in [-0.39, 0.29) is 10.6 Å². The molecule has 1 fully saturated rings. The van der Waals surface area contributed by atoms with Crippen LogP contribution >= 0.6 is 0 Å². The largest absolute Gasteiger partial charge is 0.468 e. The van der Waals surface area contributed by atoms with Gasteiger partial charge in [-0.2, -0.15) is 4.31 Å². The number of esters is 1. The third-order valence-electron chi connectivity index (χ3n) is 6.94. The Morgan fingerprint density at radius 3 is 2.33 bits per heavy atom. The summed E-state index contributed by atoms with van der Waals surface area (Å²) in [5, 5.41) is 11.2. The monoisotopic (exact) mass is 507 g/mol. The van der Waals surface area contributed by atoms with E-state index in [0.29, 0.717) is 18.5 Å². The van der Waals surface area contributed by atoms with Crippen LogP contribution in [0.15, 0.2) is 77.7 Å². The molecule has 0 saturated carbocycles. The van der Waals surface area contributed by atoms with E-state index in [1.54, 1.807) is 24.3 Å². The van der Waals surface area contributed by atoms with E-state index in [4.69, 9.17) is 4.74 Å². The lowest BCUT2D eigenvalue weighted by molar-refractivity contribution is -0.384. The van der Waals surface area contributed by atoms with Gasteiger partial charge < -0.3 is 4.74 Å². The zero-order chi connectivity index (χ0) is 25.6. The highest BCUT2D eigenvalue weighted by atomic mass is 32.2. The summed E-state index contributed by atoms with van der Waals surface area (Å²) in [7, 11) is -2.84. The molecule has 186 valence electrons. The predicted molar refractivity (Wildman–Crippen MR) is 131 cm³/mol. The van der Waals surface area contributed by atoms with Crippen LogP contribution in [-0.2, 0) is 26.0 Å². The molecule has 0 bridgehead atoms. The molecular weight excluding hydrogens is 482 g/mol. The van der Waals surface area contributed by atoms with E-state index in [1.807, 2.05) is 36.1 Å². The van der Waals surface area contributed by atoms with Crippen LogP contribution in [0, 0.1) is 17.0 Å². The average Bonchev–Trinajstić information content (AvgIpc) is 3.25. The van der Waals surface area contributed by atoms with Crippen molar-refractivity contribution in [1.29, 1.82) is 0 Å². The van der Waals surface area contributed by atoms with E-state index >= 15 is 0 Å². The van der Waals surface area contributed by atoms with Gasteiger partial charge in [0, 0.05) is 18.7 Å². The van der Waals surface area contributed by atoms with Crippen LogP contribution in [0.4, 0.5) is 5.69 Å². The lowest BCUT2D eigenvalue weighted by Gasteiger charge is -2.36. The Morgan fingerprint density at radius 1 is 1.03 bits per heavy atom. The molecule has 0 N–H and O–H groups in total. The van der Waals surface area contributed by atoms with Gasteiger partial charge >= 0.3 is 5.97 Å². The minimum atomic E-state index is -4.12. The number of hydrogen-bond acceptors (Lipinski definition) is 7. The fourth-order valence-electron chi connectivity index (χ4n) is 5.23. The molecular formula is C26H25N3O6S. The Labute approximate surface area is 209 Å². The number of nitro benzene ring substituents is 1. The normalized spacial score (nSPS) is 22.0. The van der Waals surface area contributed by atoms with Gasteiger partial charge in [-0.15, -0.1) is 0 Å². The van der Waals surface area contributed by atoms with Crippen molar-refractivity contribution in [3.63, 3.8) is 0 Å². The fraction of sp³-hybridized carbons (Fsp3) is 0.269. The second-order valence-electron chi connectivity index (χ2n) is 8.97. The predicted octanol–water partition coefficient (Wildman–Crippen LogP) is 3.75. The number of fused-ring (bicyclic) bond motifs is 3. The number of hydrogen-bond donors (Lipinski definition) is 0. The summed E-state index contributed by atoms with van der Waals surface area (Å²) in [5.74, 6) is -0.565.